The topological polar surface area (TPSA) is 85.7 Å². The Kier molecular flexibility index (Phi) is 5.02. The normalized spacial score (nSPS) is 12.4. The first-order valence-corrected chi connectivity index (χ1v) is 11.0. The Balaban J connectivity index is 2.05. The molecular weight excluding hydrogens is 452 g/mol. The summed E-state index contributed by atoms with van der Waals surface area (Å²) < 4.78 is 36.7. The van der Waals surface area contributed by atoms with Gasteiger partial charge in [-0.15, -0.1) is 4.40 Å². The summed E-state index contributed by atoms with van der Waals surface area (Å²) in [6.45, 7) is 1.89. The van der Waals surface area contributed by atoms with Crippen LogP contribution in [0.5, 0.6) is 0 Å². The van der Waals surface area contributed by atoms with Gasteiger partial charge in [-0.05, 0) is 48.9 Å². The highest BCUT2D eigenvalue weighted by molar-refractivity contribution is 9.10. The smallest absolute Gasteiger partial charge is 0.285 e. The first kappa shape index (κ1) is 19.4. The number of sulfonamides is 1. The van der Waals surface area contributed by atoms with Crippen molar-refractivity contribution in [2.24, 2.45) is 4.40 Å². The number of fused-ring (bicyclic) bond motifs is 1. The number of nitrogens with zero attached hydrogens (tertiary/aromatic N) is 1. The molecule has 1 heterocycles. The highest BCUT2D eigenvalue weighted by Crippen LogP contribution is 2.30. The van der Waals surface area contributed by atoms with Crippen molar-refractivity contribution in [3.05, 3.63) is 88.4 Å². The van der Waals surface area contributed by atoms with E-state index in [4.69, 9.17) is 10.2 Å². The second-order valence-corrected chi connectivity index (χ2v) is 9.10. The maximum Gasteiger partial charge on any atom is 0.285 e. The fourth-order valence-corrected chi connectivity index (χ4v) is 4.21. The van der Waals surface area contributed by atoms with E-state index in [0.29, 0.717) is 27.8 Å². The fourth-order valence-electron chi connectivity index (χ4n) is 3.02. The van der Waals surface area contributed by atoms with Gasteiger partial charge in [0.15, 0.2) is 0 Å². The van der Waals surface area contributed by atoms with Crippen LogP contribution in [-0.4, -0.2) is 8.42 Å². The van der Waals surface area contributed by atoms with E-state index in [1.54, 1.807) is 24.3 Å². The zero-order valence-corrected chi connectivity index (χ0v) is 17.9. The molecule has 4 aromatic rings. The average molecular weight is 469 g/mol. The van der Waals surface area contributed by atoms with Gasteiger partial charge in [-0.2, -0.15) is 8.42 Å². The molecule has 0 fully saturated rings. The lowest BCUT2D eigenvalue weighted by Gasteiger charge is -2.10. The van der Waals surface area contributed by atoms with Gasteiger partial charge in [-0.3, -0.25) is 0 Å². The molecular formula is C22H17BrN2O3S. The van der Waals surface area contributed by atoms with Crippen LogP contribution in [0, 0.1) is 6.92 Å². The summed E-state index contributed by atoms with van der Waals surface area (Å²) >= 11 is 3.41. The van der Waals surface area contributed by atoms with E-state index in [1.165, 1.54) is 12.1 Å². The Morgan fingerprint density at radius 1 is 0.931 bits per heavy atom. The molecule has 3 aromatic carbocycles. The summed E-state index contributed by atoms with van der Waals surface area (Å²) in [5.74, 6) is 0. The van der Waals surface area contributed by atoms with Crippen LogP contribution in [-0.2, 0) is 10.0 Å². The molecule has 0 radical (unpaired) electrons. The van der Waals surface area contributed by atoms with Crippen molar-refractivity contribution in [2.75, 3.05) is 5.73 Å². The minimum absolute atomic E-state index is 0.0518. The SMILES string of the molecule is Cc1ccc(S(=O)(=O)/N=c2\oc3ccccc3c(N)c2-c2ccc(Br)cc2)cc1. The zero-order valence-electron chi connectivity index (χ0n) is 15.5. The van der Waals surface area contributed by atoms with E-state index in [2.05, 4.69) is 20.3 Å². The molecule has 2 N–H and O–H groups in total. The molecule has 29 heavy (non-hydrogen) atoms. The second-order valence-electron chi connectivity index (χ2n) is 6.58. The lowest BCUT2D eigenvalue weighted by atomic mass is 10.0. The molecule has 0 saturated heterocycles. The highest BCUT2D eigenvalue weighted by Gasteiger charge is 2.18. The fraction of sp³-hybridized carbons (Fsp3) is 0.0455. The van der Waals surface area contributed by atoms with Crippen LogP contribution in [0.15, 0.2) is 91.0 Å². The van der Waals surface area contributed by atoms with Crippen molar-refractivity contribution in [3.8, 4) is 11.1 Å². The molecule has 0 unspecified atom stereocenters. The Morgan fingerprint density at radius 3 is 2.28 bits per heavy atom. The van der Waals surface area contributed by atoms with E-state index in [9.17, 15) is 8.42 Å². The summed E-state index contributed by atoms with van der Waals surface area (Å²) in [5.41, 5.74) is 9.36. The lowest BCUT2D eigenvalue weighted by molar-refractivity contribution is 0.543. The molecule has 1 aromatic heterocycles. The third kappa shape index (κ3) is 3.83. The standard InChI is InChI=1S/C22H17BrN2O3S/c1-14-6-12-17(13-7-14)29(26,27)25-22-20(15-8-10-16(23)11-9-15)21(24)18-4-2-3-5-19(18)28-22/h2-13H,24H2,1H3/b25-22-. The monoisotopic (exact) mass is 468 g/mol. The van der Waals surface area contributed by atoms with Crippen LogP contribution in [0.4, 0.5) is 5.69 Å². The minimum atomic E-state index is -3.99. The number of hydrogen-bond acceptors (Lipinski definition) is 4. The van der Waals surface area contributed by atoms with Gasteiger partial charge in [0.05, 0.1) is 16.1 Å². The summed E-state index contributed by atoms with van der Waals surface area (Å²) in [7, 11) is -3.99. The molecule has 7 heteroatoms. The minimum Gasteiger partial charge on any atom is -0.437 e. The Hall–Kier alpha value is -2.90. The molecule has 0 spiro atoms. The van der Waals surface area contributed by atoms with Crippen molar-refractivity contribution < 1.29 is 12.8 Å². The maximum atomic E-state index is 12.9. The molecule has 0 aliphatic heterocycles. The largest absolute Gasteiger partial charge is 0.437 e. The van der Waals surface area contributed by atoms with Crippen LogP contribution >= 0.6 is 15.9 Å². The molecule has 0 bridgehead atoms. The van der Waals surface area contributed by atoms with E-state index in [1.807, 2.05) is 43.3 Å². The number of nitrogen functional groups attached to an aromatic ring is 1. The number of benzene rings is 3. The van der Waals surface area contributed by atoms with Crippen LogP contribution < -0.4 is 11.3 Å². The van der Waals surface area contributed by atoms with Gasteiger partial charge < -0.3 is 10.2 Å². The van der Waals surface area contributed by atoms with Crippen LogP contribution in [0.2, 0.25) is 0 Å². The molecule has 146 valence electrons. The lowest BCUT2D eigenvalue weighted by Crippen LogP contribution is -2.13. The number of para-hydroxylation sites is 1. The summed E-state index contributed by atoms with van der Waals surface area (Å²) in [5, 5.41) is 0.692. The van der Waals surface area contributed by atoms with E-state index < -0.39 is 10.0 Å². The Labute approximate surface area is 176 Å². The molecule has 0 amide bonds. The highest BCUT2D eigenvalue weighted by atomic mass is 79.9. The van der Waals surface area contributed by atoms with E-state index in [-0.39, 0.29) is 10.4 Å². The number of nitrogens with two attached hydrogens (primary N) is 1. The number of rotatable bonds is 3. The third-order valence-corrected chi connectivity index (χ3v) is 6.32. The molecule has 5 nitrogen and oxygen atoms in total. The van der Waals surface area contributed by atoms with Crippen molar-refractivity contribution in [1.29, 1.82) is 0 Å². The maximum absolute atomic E-state index is 12.9. The van der Waals surface area contributed by atoms with Crippen molar-refractivity contribution in [3.63, 3.8) is 0 Å². The van der Waals surface area contributed by atoms with Gasteiger partial charge in [0.25, 0.3) is 10.0 Å². The van der Waals surface area contributed by atoms with Crippen LogP contribution in [0.25, 0.3) is 22.1 Å². The van der Waals surface area contributed by atoms with Gasteiger partial charge in [-0.25, -0.2) is 0 Å². The predicted octanol–water partition coefficient (Wildman–Crippen LogP) is 5.04. The Bertz CT molecular complexity index is 1370. The summed E-state index contributed by atoms with van der Waals surface area (Å²) in [6.07, 6.45) is 0. The van der Waals surface area contributed by atoms with Gasteiger partial charge >= 0.3 is 0 Å². The third-order valence-electron chi connectivity index (χ3n) is 4.52. The van der Waals surface area contributed by atoms with Gasteiger partial charge in [0, 0.05) is 9.86 Å². The number of anilines is 1. The van der Waals surface area contributed by atoms with E-state index in [0.717, 1.165) is 10.0 Å². The second kappa shape index (κ2) is 7.50. The first-order valence-electron chi connectivity index (χ1n) is 8.80. The van der Waals surface area contributed by atoms with Crippen molar-refractivity contribution in [2.45, 2.75) is 11.8 Å². The van der Waals surface area contributed by atoms with Crippen LogP contribution in [0.3, 0.4) is 0 Å². The van der Waals surface area contributed by atoms with E-state index >= 15 is 0 Å². The molecule has 0 saturated carbocycles. The molecule has 0 aliphatic carbocycles. The van der Waals surface area contributed by atoms with Crippen LogP contribution in [0.1, 0.15) is 5.56 Å². The summed E-state index contributed by atoms with van der Waals surface area (Å²) in [6, 6.07) is 21.1. The van der Waals surface area contributed by atoms with Gasteiger partial charge in [-0.1, -0.05) is 57.9 Å². The number of aryl methyl sites for hydroxylation is 1. The van der Waals surface area contributed by atoms with Gasteiger partial charge in [0.1, 0.15) is 5.58 Å². The first-order chi connectivity index (χ1) is 13.8. The van der Waals surface area contributed by atoms with Crippen molar-refractivity contribution in [1.82, 2.24) is 0 Å². The Morgan fingerprint density at radius 2 is 1.59 bits per heavy atom. The molecule has 0 atom stereocenters. The quantitative estimate of drug-likeness (QED) is 0.456. The predicted molar refractivity (Wildman–Crippen MR) is 118 cm³/mol. The number of hydrogen-bond donors (Lipinski definition) is 1. The molecule has 0 aliphatic rings. The zero-order chi connectivity index (χ0) is 20.6. The molecule has 4 rings (SSSR count). The van der Waals surface area contributed by atoms with Gasteiger partial charge in [0.2, 0.25) is 5.55 Å². The average Bonchev–Trinajstić information content (AvgIpc) is 2.69. The summed E-state index contributed by atoms with van der Waals surface area (Å²) in [4.78, 5) is 0.0896. The number of halogens is 1. The van der Waals surface area contributed by atoms with Crippen molar-refractivity contribution >= 4 is 42.6 Å².